The van der Waals surface area contributed by atoms with Gasteiger partial charge in [-0.05, 0) is 40.2 Å². The summed E-state index contributed by atoms with van der Waals surface area (Å²) in [6.45, 7) is 0. The smallest absolute Gasteiger partial charge is 0.258 e. The Kier molecular flexibility index (Phi) is 3.38. The molecule has 2 heterocycles. The Hall–Kier alpha value is -2.35. The van der Waals surface area contributed by atoms with E-state index in [1.165, 1.54) is 12.3 Å². The molecule has 0 amide bonds. The van der Waals surface area contributed by atoms with Crippen molar-refractivity contribution in [2.24, 2.45) is 0 Å². The van der Waals surface area contributed by atoms with Gasteiger partial charge in [-0.3, -0.25) is 0 Å². The summed E-state index contributed by atoms with van der Waals surface area (Å²) in [5.74, 6) is -1.33. The van der Waals surface area contributed by atoms with Gasteiger partial charge in [0.2, 0.25) is 5.82 Å². The summed E-state index contributed by atoms with van der Waals surface area (Å²) in [7, 11) is 0. The molecule has 1 aromatic carbocycles. The minimum atomic E-state index is -1.01. The molecule has 0 aliphatic rings. The van der Waals surface area contributed by atoms with Crippen LogP contribution in [0.4, 0.5) is 14.6 Å². The molecule has 0 fully saturated rings. The Morgan fingerprint density at radius 1 is 1.19 bits per heavy atom. The molecule has 0 radical (unpaired) electrons. The van der Waals surface area contributed by atoms with Crippen molar-refractivity contribution >= 4 is 21.7 Å². The van der Waals surface area contributed by atoms with Crippen LogP contribution in [0.5, 0.6) is 0 Å². The summed E-state index contributed by atoms with van der Waals surface area (Å²) in [6.07, 6.45) is 1.50. The number of aromatic nitrogens is 3. The van der Waals surface area contributed by atoms with Gasteiger partial charge in [0.15, 0.2) is 11.6 Å². The third-order valence-corrected chi connectivity index (χ3v) is 3.51. The fourth-order valence-corrected chi connectivity index (χ4v) is 2.23. The third kappa shape index (κ3) is 2.49. The van der Waals surface area contributed by atoms with Crippen molar-refractivity contribution in [1.29, 1.82) is 0 Å². The highest BCUT2D eigenvalue weighted by Crippen LogP contribution is 2.31. The van der Waals surface area contributed by atoms with E-state index < -0.39 is 11.6 Å². The van der Waals surface area contributed by atoms with Gasteiger partial charge in [0.25, 0.3) is 5.89 Å². The number of hydrogen-bond acceptors (Lipinski definition) is 5. The van der Waals surface area contributed by atoms with Crippen molar-refractivity contribution < 1.29 is 13.3 Å². The lowest BCUT2D eigenvalue weighted by atomic mass is 10.2. The van der Waals surface area contributed by atoms with E-state index in [1.54, 1.807) is 12.1 Å². The summed E-state index contributed by atoms with van der Waals surface area (Å²) >= 11 is 2.98. The van der Waals surface area contributed by atoms with Gasteiger partial charge in [-0.15, -0.1) is 0 Å². The largest absolute Gasteiger partial charge is 0.384 e. The number of nitrogen functional groups attached to an aromatic ring is 1. The molecule has 3 rings (SSSR count). The molecule has 0 atom stereocenters. The Bertz CT molecular complexity index is 822. The van der Waals surface area contributed by atoms with Gasteiger partial charge in [-0.2, -0.15) is 4.98 Å². The van der Waals surface area contributed by atoms with Crippen LogP contribution in [0.25, 0.3) is 22.8 Å². The van der Waals surface area contributed by atoms with E-state index in [-0.39, 0.29) is 21.8 Å². The van der Waals surface area contributed by atoms with Gasteiger partial charge in [-0.1, -0.05) is 5.16 Å². The summed E-state index contributed by atoms with van der Waals surface area (Å²) in [5.41, 5.74) is 6.44. The Labute approximate surface area is 125 Å². The first-order valence-electron chi connectivity index (χ1n) is 5.75. The van der Waals surface area contributed by atoms with Crippen LogP contribution in [0.2, 0.25) is 0 Å². The van der Waals surface area contributed by atoms with Crippen LogP contribution in [-0.4, -0.2) is 15.1 Å². The fraction of sp³-hybridized carbons (Fsp3) is 0. The van der Waals surface area contributed by atoms with Gasteiger partial charge in [0.05, 0.1) is 4.47 Å². The molecular weight excluding hydrogens is 346 g/mol. The summed E-state index contributed by atoms with van der Waals surface area (Å²) < 4.78 is 31.7. The molecule has 3 aromatic rings. The molecule has 0 saturated carbocycles. The number of hydrogen-bond donors (Lipinski definition) is 1. The summed E-state index contributed by atoms with van der Waals surface area (Å²) in [5, 5.41) is 3.76. The quantitative estimate of drug-likeness (QED) is 0.715. The number of rotatable bonds is 2. The second-order valence-electron chi connectivity index (χ2n) is 4.12. The second-order valence-corrected chi connectivity index (χ2v) is 4.91. The molecule has 2 aromatic heterocycles. The topological polar surface area (TPSA) is 77.8 Å². The van der Waals surface area contributed by atoms with E-state index in [4.69, 9.17) is 10.3 Å². The lowest BCUT2D eigenvalue weighted by molar-refractivity contribution is 0.432. The van der Waals surface area contributed by atoms with Gasteiger partial charge < -0.3 is 10.3 Å². The molecule has 0 aliphatic heterocycles. The minimum absolute atomic E-state index is 0.0657. The summed E-state index contributed by atoms with van der Waals surface area (Å²) in [4.78, 5) is 8.00. The number of nitrogens with zero attached hydrogens (tertiary/aromatic N) is 3. The number of anilines is 1. The van der Waals surface area contributed by atoms with E-state index in [9.17, 15) is 8.78 Å². The van der Waals surface area contributed by atoms with Gasteiger partial charge >= 0.3 is 0 Å². The van der Waals surface area contributed by atoms with E-state index in [2.05, 4.69) is 31.1 Å². The number of halogens is 3. The highest BCUT2D eigenvalue weighted by atomic mass is 79.9. The van der Waals surface area contributed by atoms with Crippen LogP contribution in [-0.2, 0) is 0 Å². The first-order valence-corrected chi connectivity index (χ1v) is 6.55. The predicted molar refractivity (Wildman–Crippen MR) is 75.0 cm³/mol. The van der Waals surface area contributed by atoms with Crippen molar-refractivity contribution in [1.82, 2.24) is 15.1 Å². The van der Waals surface area contributed by atoms with Crippen LogP contribution in [0, 0.1) is 11.6 Å². The van der Waals surface area contributed by atoms with Crippen molar-refractivity contribution in [3.05, 3.63) is 46.6 Å². The molecule has 0 saturated heterocycles. The number of nitrogens with two attached hydrogens (primary N) is 1. The molecular formula is C13H7BrF2N4O. The molecule has 0 unspecified atom stereocenters. The molecule has 2 N–H and O–H groups in total. The highest BCUT2D eigenvalue weighted by molar-refractivity contribution is 9.10. The SMILES string of the molecule is Nc1cc(-c2nc(-c3ccc(F)c(F)c3Br)no2)ccn1. The molecule has 21 heavy (non-hydrogen) atoms. The highest BCUT2D eigenvalue weighted by Gasteiger charge is 2.17. The molecule has 5 nitrogen and oxygen atoms in total. The van der Waals surface area contributed by atoms with Crippen LogP contribution in [0.15, 0.2) is 39.5 Å². The zero-order valence-corrected chi connectivity index (χ0v) is 11.9. The zero-order valence-electron chi connectivity index (χ0n) is 10.3. The van der Waals surface area contributed by atoms with Crippen molar-refractivity contribution in [3.63, 3.8) is 0 Å². The van der Waals surface area contributed by atoms with Crippen molar-refractivity contribution in [2.75, 3.05) is 5.73 Å². The molecule has 106 valence electrons. The van der Waals surface area contributed by atoms with Crippen molar-refractivity contribution in [2.45, 2.75) is 0 Å². The molecule has 0 aliphatic carbocycles. The first kappa shape index (κ1) is 13.6. The maximum Gasteiger partial charge on any atom is 0.258 e. The maximum absolute atomic E-state index is 13.5. The normalized spacial score (nSPS) is 10.8. The van der Waals surface area contributed by atoms with Gasteiger partial charge in [0.1, 0.15) is 5.82 Å². The van der Waals surface area contributed by atoms with Crippen molar-refractivity contribution in [3.8, 4) is 22.8 Å². The van der Waals surface area contributed by atoms with Gasteiger partial charge in [0, 0.05) is 17.3 Å². The Balaban J connectivity index is 2.05. The van der Waals surface area contributed by atoms with E-state index in [0.717, 1.165) is 6.07 Å². The second kappa shape index (κ2) is 5.21. The molecule has 0 bridgehead atoms. The first-order chi connectivity index (χ1) is 10.1. The standard InChI is InChI=1S/C13H7BrF2N4O/c14-10-7(1-2-8(15)11(10)16)12-19-13(21-20-12)6-3-4-18-9(17)5-6/h1-5H,(H2,17,18). The monoisotopic (exact) mass is 352 g/mol. The predicted octanol–water partition coefficient (Wildman–Crippen LogP) is 3.42. The average Bonchev–Trinajstić information content (AvgIpc) is 2.94. The van der Waals surface area contributed by atoms with Crippen LogP contribution in [0.3, 0.4) is 0 Å². The van der Waals surface area contributed by atoms with Crippen LogP contribution >= 0.6 is 15.9 Å². The summed E-state index contributed by atoms with van der Waals surface area (Å²) in [6, 6.07) is 5.57. The Morgan fingerprint density at radius 2 is 2.00 bits per heavy atom. The number of benzene rings is 1. The zero-order chi connectivity index (χ0) is 15.0. The van der Waals surface area contributed by atoms with Crippen LogP contribution < -0.4 is 5.73 Å². The Morgan fingerprint density at radius 3 is 2.76 bits per heavy atom. The fourth-order valence-electron chi connectivity index (χ4n) is 1.73. The maximum atomic E-state index is 13.5. The molecule has 8 heteroatoms. The van der Waals surface area contributed by atoms with E-state index in [1.807, 2.05) is 0 Å². The lowest BCUT2D eigenvalue weighted by Gasteiger charge is -2.01. The average molecular weight is 353 g/mol. The van der Waals surface area contributed by atoms with Gasteiger partial charge in [-0.25, -0.2) is 13.8 Å². The lowest BCUT2D eigenvalue weighted by Crippen LogP contribution is -1.91. The molecule has 0 spiro atoms. The van der Waals surface area contributed by atoms with E-state index in [0.29, 0.717) is 11.4 Å². The minimum Gasteiger partial charge on any atom is -0.384 e. The van der Waals surface area contributed by atoms with Crippen LogP contribution in [0.1, 0.15) is 0 Å². The van der Waals surface area contributed by atoms with E-state index >= 15 is 0 Å². The number of pyridine rings is 1. The third-order valence-electron chi connectivity index (χ3n) is 2.73.